The minimum atomic E-state index is -1.07. The Bertz CT molecular complexity index is 791. The van der Waals surface area contributed by atoms with Crippen molar-refractivity contribution < 1.29 is 24.2 Å². The molecule has 2 heterocycles. The number of aromatic nitrogens is 2. The van der Waals surface area contributed by atoms with Crippen LogP contribution in [0.25, 0.3) is 0 Å². The molecule has 2 rings (SSSR count). The maximum absolute atomic E-state index is 12.6. The first kappa shape index (κ1) is 24.1. The lowest BCUT2D eigenvalue weighted by Crippen LogP contribution is -2.48. The molecule has 172 valence electrons. The molecule has 3 amide bonds. The van der Waals surface area contributed by atoms with Gasteiger partial charge in [0.2, 0.25) is 5.91 Å². The number of nitrogens with zero attached hydrogens (tertiary/aromatic N) is 3. The molecule has 3 unspecified atom stereocenters. The first-order valence-electron chi connectivity index (χ1n) is 10.4. The zero-order valence-corrected chi connectivity index (χ0v) is 18.3. The summed E-state index contributed by atoms with van der Waals surface area (Å²) in [5, 5.41) is 20.3. The minimum absolute atomic E-state index is 0.333. The molecule has 12 heteroatoms. The van der Waals surface area contributed by atoms with Gasteiger partial charge in [0, 0.05) is 6.54 Å². The van der Waals surface area contributed by atoms with Gasteiger partial charge in [-0.25, -0.2) is 19.6 Å². The van der Waals surface area contributed by atoms with Crippen LogP contribution in [0.1, 0.15) is 47.0 Å². The van der Waals surface area contributed by atoms with E-state index >= 15 is 0 Å². The number of rotatable bonds is 11. The number of carbonyl (C=O) groups excluding carboxylic acids is 2. The highest BCUT2D eigenvalue weighted by Crippen LogP contribution is 2.35. The van der Waals surface area contributed by atoms with Crippen molar-refractivity contribution in [1.82, 2.24) is 20.6 Å². The van der Waals surface area contributed by atoms with Crippen LogP contribution in [-0.4, -0.2) is 64.6 Å². The third-order valence-corrected chi connectivity index (χ3v) is 4.75. The number of carboxylic acid groups (broad SMARTS) is 1. The number of fused-ring (bicyclic) bond motifs is 1. The number of carboxylic acids is 1. The molecule has 1 aliphatic rings. The Morgan fingerprint density at radius 3 is 2.65 bits per heavy atom. The molecule has 1 aliphatic heterocycles. The number of urea groups is 1. The lowest BCUT2D eigenvalue weighted by atomic mass is 10.1. The lowest BCUT2D eigenvalue weighted by Gasteiger charge is -2.29. The Morgan fingerprint density at radius 1 is 1.29 bits per heavy atom. The van der Waals surface area contributed by atoms with Crippen LogP contribution in [0.3, 0.4) is 0 Å². The molecular formula is C19H31N7O5. The SMILES string of the molecule is CCCC(NC(=O)C(CC)OC(C)N1CNc2c(NC(=O)NCC)ncnc21)C(=O)O. The van der Waals surface area contributed by atoms with E-state index in [4.69, 9.17) is 4.74 Å². The van der Waals surface area contributed by atoms with Crippen molar-refractivity contribution in [3.63, 3.8) is 0 Å². The molecule has 12 nitrogen and oxygen atoms in total. The first-order chi connectivity index (χ1) is 14.8. The third kappa shape index (κ3) is 6.17. The van der Waals surface area contributed by atoms with E-state index in [1.807, 2.05) is 13.8 Å². The van der Waals surface area contributed by atoms with E-state index in [2.05, 4.69) is 31.2 Å². The zero-order chi connectivity index (χ0) is 23.0. The van der Waals surface area contributed by atoms with Gasteiger partial charge in [0.15, 0.2) is 11.6 Å². The lowest BCUT2D eigenvalue weighted by molar-refractivity contribution is -0.145. The molecule has 31 heavy (non-hydrogen) atoms. The molecule has 0 aliphatic carbocycles. The van der Waals surface area contributed by atoms with Gasteiger partial charge in [0.1, 0.15) is 30.4 Å². The summed E-state index contributed by atoms with van der Waals surface area (Å²) < 4.78 is 5.94. The Balaban J connectivity index is 2.07. The number of nitrogens with one attached hydrogen (secondary N) is 4. The number of ether oxygens (including phenoxy) is 1. The average molecular weight is 438 g/mol. The van der Waals surface area contributed by atoms with Crippen LogP contribution in [0.2, 0.25) is 0 Å². The molecule has 0 bridgehead atoms. The summed E-state index contributed by atoms with van der Waals surface area (Å²) in [7, 11) is 0. The largest absolute Gasteiger partial charge is 0.480 e. The summed E-state index contributed by atoms with van der Waals surface area (Å²) in [5.74, 6) is -0.679. The fraction of sp³-hybridized carbons (Fsp3) is 0.632. The van der Waals surface area contributed by atoms with E-state index < -0.39 is 30.3 Å². The van der Waals surface area contributed by atoms with Gasteiger partial charge in [-0.05, 0) is 26.7 Å². The van der Waals surface area contributed by atoms with Crippen molar-refractivity contribution in [2.24, 2.45) is 0 Å². The quantitative estimate of drug-likeness (QED) is 0.344. The number of hydrogen-bond acceptors (Lipinski definition) is 8. The second-order valence-electron chi connectivity index (χ2n) is 7.03. The normalized spacial score (nSPS) is 15.3. The van der Waals surface area contributed by atoms with Crippen LogP contribution >= 0.6 is 0 Å². The smallest absolute Gasteiger partial charge is 0.326 e. The molecule has 0 spiro atoms. The topological polar surface area (TPSA) is 158 Å². The van der Waals surface area contributed by atoms with Gasteiger partial charge < -0.3 is 30.7 Å². The van der Waals surface area contributed by atoms with Crippen LogP contribution in [0.4, 0.5) is 22.1 Å². The average Bonchev–Trinajstić information content (AvgIpc) is 3.16. The molecular weight excluding hydrogens is 406 g/mol. The summed E-state index contributed by atoms with van der Waals surface area (Å²) in [6.45, 7) is 8.04. The fourth-order valence-electron chi connectivity index (χ4n) is 3.17. The van der Waals surface area contributed by atoms with Crippen LogP contribution in [0, 0.1) is 0 Å². The Kier molecular flexibility index (Phi) is 8.79. The highest BCUT2D eigenvalue weighted by Gasteiger charge is 2.32. The maximum atomic E-state index is 12.6. The number of anilines is 3. The van der Waals surface area contributed by atoms with Gasteiger partial charge in [-0.1, -0.05) is 20.3 Å². The van der Waals surface area contributed by atoms with Crippen molar-refractivity contribution in [2.75, 3.05) is 28.7 Å². The monoisotopic (exact) mass is 437 g/mol. The number of hydrogen-bond donors (Lipinski definition) is 5. The molecule has 0 saturated heterocycles. The van der Waals surface area contributed by atoms with E-state index in [1.54, 1.807) is 18.7 Å². The molecule has 5 N–H and O–H groups in total. The van der Waals surface area contributed by atoms with Crippen molar-refractivity contribution in [3.05, 3.63) is 6.33 Å². The van der Waals surface area contributed by atoms with Gasteiger partial charge in [-0.2, -0.15) is 0 Å². The zero-order valence-electron chi connectivity index (χ0n) is 18.3. The van der Waals surface area contributed by atoms with E-state index in [9.17, 15) is 19.5 Å². The van der Waals surface area contributed by atoms with Crippen molar-refractivity contribution in [2.45, 2.75) is 65.3 Å². The highest BCUT2D eigenvalue weighted by atomic mass is 16.5. The van der Waals surface area contributed by atoms with Gasteiger partial charge in [-0.15, -0.1) is 0 Å². The van der Waals surface area contributed by atoms with Gasteiger partial charge in [0.25, 0.3) is 0 Å². The van der Waals surface area contributed by atoms with Gasteiger partial charge in [0.05, 0.1) is 6.67 Å². The molecule has 0 aromatic carbocycles. The number of amides is 3. The maximum Gasteiger partial charge on any atom is 0.326 e. The fourth-order valence-corrected chi connectivity index (χ4v) is 3.17. The minimum Gasteiger partial charge on any atom is -0.480 e. The molecule has 1 aromatic rings. The van der Waals surface area contributed by atoms with Crippen molar-refractivity contribution in [1.29, 1.82) is 0 Å². The standard InChI is InChI=1S/C19H31N7O5/c1-5-8-12(18(28)29)24-17(27)13(6-2)31-11(4)26-10-23-14-15(21-9-22-16(14)26)25-19(30)20-7-3/h9,11-13,23H,5-8,10H2,1-4H3,(H,24,27)(H,28,29)(H2,20,21,22,25,30). The summed E-state index contributed by atoms with van der Waals surface area (Å²) in [5.41, 5.74) is 0.551. The van der Waals surface area contributed by atoms with Crippen LogP contribution in [0.15, 0.2) is 6.33 Å². The summed E-state index contributed by atoms with van der Waals surface area (Å²) in [6.07, 6.45) is 1.30. The van der Waals surface area contributed by atoms with Crippen molar-refractivity contribution in [3.8, 4) is 0 Å². The van der Waals surface area contributed by atoms with Crippen LogP contribution in [-0.2, 0) is 14.3 Å². The highest BCUT2D eigenvalue weighted by molar-refractivity contribution is 5.94. The summed E-state index contributed by atoms with van der Waals surface area (Å²) in [6, 6.07) is -1.33. The van der Waals surface area contributed by atoms with Gasteiger partial charge >= 0.3 is 12.0 Å². The van der Waals surface area contributed by atoms with Crippen molar-refractivity contribution >= 4 is 35.2 Å². The third-order valence-electron chi connectivity index (χ3n) is 4.75. The molecule has 3 atom stereocenters. The van der Waals surface area contributed by atoms with Gasteiger partial charge in [-0.3, -0.25) is 10.1 Å². The second kappa shape index (κ2) is 11.3. The predicted molar refractivity (Wildman–Crippen MR) is 115 cm³/mol. The Morgan fingerprint density at radius 2 is 2.03 bits per heavy atom. The van der Waals surface area contributed by atoms with E-state index in [0.29, 0.717) is 49.8 Å². The van der Waals surface area contributed by atoms with E-state index in [1.165, 1.54) is 6.33 Å². The molecule has 0 saturated carbocycles. The molecule has 1 aromatic heterocycles. The second-order valence-corrected chi connectivity index (χ2v) is 7.03. The molecule has 0 fully saturated rings. The summed E-state index contributed by atoms with van der Waals surface area (Å²) >= 11 is 0. The Hall–Kier alpha value is -3.15. The summed E-state index contributed by atoms with van der Waals surface area (Å²) in [4.78, 5) is 45.9. The Labute approximate surface area is 181 Å². The van der Waals surface area contributed by atoms with Crippen LogP contribution in [0.5, 0.6) is 0 Å². The van der Waals surface area contributed by atoms with Crippen LogP contribution < -0.4 is 26.2 Å². The van der Waals surface area contributed by atoms with E-state index in [0.717, 1.165) is 0 Å². The van der Waals surface area contributed by atoms with E-state index in [-0.39, 0.29) is 6.03 Å². The number of carbonyl (C=O) groups is 3. The predicted octanol–water partition coefficient (Wildman–Crippen LogP) is 1.32. The molecule has 0 radical (unpaired) electrons. The first-order valence-corrected chi connectivity index (χ1v) is 10.4. The number of aliphatic carboxylic acids is 1.